The number of carbonyl (C=O) groups is 2. The number of rotatable bonds is 6. The summed E-state index contributed by atoms with van der Waals surface area (Å²) in [4.78, 5) is 22.1. The van der Waals surface area contributed by atoms with E-state index < -0.39 is 24.4 Å². The molecule has 0 saturated carbocycles. The zero-order chi connectivity index (χ0) is 12.7. The number of hydrogen-bond acceptors (Lipinski definition) is 3. The minimum absolute atomic E-state index is 0.146. The number of urea groups is 1. The van der Waals surface area contributed by atoms with E-state index in [2.05, 4.69) is 10.1 Å². The van der Waals surface area contributed by atoms with Crippen molar-refractivity contribution >= 4 is 12.0 Å². The smallest absolute Gasteiger partial charge is 0.331 e. The maximum Gasteiger partial charge on any atom is 0.331 e. The fraction of sp³-hybridized carbons (Fsp3) is 0.800. The van der Waals surface area contributed by atoms with E-state index in [9.17, 15) is 14.0 Å². The summed E-state index contributed by atoms with van der Waals surface area (Å²) in [6.07, 6.45) is -0.912. The van der Waals surface area contributed by atoms with E-state index in [0.29, 0.717) is 6.42 Å². The highest BCUT2D eigenvalue weighted by atomic mass is 19.1. The first-order valence-corrected chi connectivity index (χ1v) is 5.29. The summed E-state index contributed by atoms with van der Waals surface area (Å²) in [5.41, 5.74) is 4.91. The fourth-order valence-corrected chi connectivity index (χ4v) is 1.14. The number of ether oxygens (including phenoxy) is 1. The molecule has 2 amide bonds. The lowest BCUT2D eigenvalue weighted by Gasteiger charge is -2.20. The Hall–Kier alpha value is -1.33. The van der Waals surface area contributed by atoms with E-state index in [1.807, 2.05) is 0 Å². The third-order valence-electron chi connectivity index (χ3n) is 1.98. The van der Waals surface area contributed by atoms with Gasteiger partial charge in [0.25, 0.3) is 0 Å². The van der Waals surface area contributed by atoms with Crippen molar-refractivity contribution in [2.24, 2.45) is 11.7 Å². The zero-order valence-corrected chi connectivity index (χ0v) is 9.83. The first-order valence-electron chi connectivity index (χ1n) is 5.29. The normalized spacial score (nSPS) is 14.3. The molecule has 94 valence electrons. The predicted octanol–water partition coefficient (Wildman–Crippen LogP) is 1.32. The van der Waals surface area contributed by atoms with E-state index >= 15 is 0 Å². The van der Waals surface area contributed by atoms with Gasteiger partial charge in [-0.3, -0.25) is 0 Å². The van der Waals surface area contributed by atoms with Gasteiger partial charge >= 0.3 is 12.0 Å². The van der Waals surface area contributed by atoms with Gasteiger partial charge in [-0.15, -0.1) is 0 Å². The van der Waals surface area contributed by atoms with Gasteiger partial charge in [0.15, 0.2) is 0 Å². The molecule has 0 spiro atoms. The van der Waals surface area contributed by atoms with Crippen LogP contribution in [0.15, 0.2) is 0 Å². The maximum absolute atomic E-state index is 13.0. The summed E-state index contributed by atoms with van der Waals surface area (Å²) in [6.45, 7) is 5.19. The molecule has 0 aliphatic heterocycles. The van der Waals surface area contributed by atoms with Gasteiger partial charge in [0, 0.05) is 6.42 Å². The highest BCUT2D eigenvalue weighted by Gasteiger charge is 2.26. The monoisotopic (exact) mass is 234 g/mol. The number of nitrogens with two attached hydrogens (primary N) is 1. The molecular weight excluding hydrogens is 215 g/mol. The van der Waals surface area contributed by atoms with E-state index in [1.54, 1.807) is 20.8 Å². The number of carbonyl (C=O) groups excluding carboxylic acids is 2. The number of esters is 1. The third kappa shape index (κ3) is 5.53. The van der Waals surface area contributed by atoms with Crippen molar-refractivity contribution in [2.75, 3.05) is 0 Å². The Kier molecular flexibility index (Phi) is 6.44. The quantitative estimate of drug-likeness (QED) is 0.680. The molecular formula is C10H19FN2O3. The zero-order valence-electron chi connectivity index (χ0n) is 9.83. The van der Waals surface area contributed by atoms with Crippen LogP contribution >= 0.6 is 0 Å². The standard InChI is InChI=1S/C10H19FN2O3/c1-4-5-7(11)16-9(14)8(6(2)3)13-10(12)15/h6-8H,4-5H2,1-3H3,(H3,12,13,15). The molecule has 0 aliphatic rings. The summed E-state index contributed by atoms with van der Waals surface area (Å²) >= 11 is 0. The van der Waals surface area contributed by atoms with Gasteiger partial charge in [0.1, 0.15) is 6.04 Å². The molecule has 0 aromatic carbocycles. The number of halogens is 1. The lowest BCUT2D eigenvalue weighted by molar-refractivity contribution is -0.161. The van der Waals surface area contributed by atoms with Crippen molar-refractivity contribution < 1.29 is 18.7 Å². The molecule has 0 aromatic rings. The van der Waals surface area contributed by atoms with E-state index in [4.69, 9.17) is 5.73 Å². The van der Waals surface area contributed by atoms with Gasteiger partial charge in [-0.2, -0.15) is 0 Å². The predicted molar refractivity (Wildman–Crippen MR) is 57.2 cm³/mol. The van der Waals surface area contributed by atoms with E-state index in [1.165, 1.54) is 0 Å². The highest BCUT2D eigenvalue weighted by molar-refractivity contribution is 5.83. The Labute approximate surface area is 94.5 Å². The molecule has 0 aliphatic carbocycles. The van der Waals surface area contributed by atoms with Crippen molar-refractivity contribution in [1.29, 1.82) is 0 Å². The average Bonchev–Trinajstić information content (AvgIpc) is 2.13. The molecule has 16 heavy (non-hydrogen) atoms. The number of amides is 2. The molecule has 6 heteroatoms. The second-order valence-corrected chi connectivity index (χ2v) is 3.87. The van der Waals surface area contributed by atoms with Crippen molar-refractivity contribution in [1.82, 2.24) is 5.32 Å². The van der Waals surface area contributed by atoms with Crippen LogP contribution in [0.3, 0.4) is 0 Å². The maximum atomic E-state index is 13.0. The number of nitrogens with one attached hydrogen (secondary N) is 1. The number of alkyl halides is 1. The molecule has 0 rings (SSSR count). The molecule has 2 atom stereocenters. The van der Waals surface area contributed by atoms with Gasteiger partial charge in [-0.25, -0.2) is 14.0 Å². The Balaban J connectivity index is 4.32. The summed E-state index contributed by atoms with van der Waals surface area (Å²) in [7, 11) is 0. The van der Waals surface area contributed by atoms with Gasteiger partial charge < -0.3 is 15.8 Å². The van der Waals surface area contributed by atoms with Crippen molar-refractivity contribution in [3.8, 4) is 0 Å². The molecule has 0 radical (unpaired) electrons. The van der Waals surface area contributed by atoms with Gasteiger partial charge in [-0.05, 0) is 12.3 Å². The highest BCUT2D eigenvalue weighted by Crippen LogP contribution is 2.09. The summed E-state index contributed by atoms with van der Waals surface area (Å²) in [5.74, 6) is -1.01. The molecule has 0 saturated heterocycles. The summed E-state index contributed by atoms with van der Waals surface area (Å²) < 4.78 is 17.6. The topological polar surface area (TPSA) is 81.4 Å². The first-order chi connectivity index (χ1) is 7.38. The second kappa shape index (κ2) is 7.03. The number of hydrogen-bond donors (Lipinski definition) is 2. The third-order valence-corrected chi connectivity index (χ3v) is 1.98. The van der Waals surface area contributed by atoms with Crippen LogP contribution in [0.2, 0.25) is 0 Å². The first kappa shape index (κ1) is 14.7. The van der Waals surface area contributed by atoms with E-state index in [-0.39, 0.29) is 12.3 Å². The van der Waals surface area contributed by atoms with Crippen LogP contribution in [0, 0.1) is 5.92 Å². The van der Waals surface area contributed by atoms with Crippen LogP contribution in [0.25, 0.3) is 0 Å². The van der Waals surface area contributed by atoms with E-state index in [0.717, 1.165) is 0 Å². The Bertz CT molecular complexity index is 246. The molecule has 0 bridgehead atoms. The lowest BCUT2D eigenvalue weighted by Crippen LogP contribution is -2.48. The fourth-order valence-electron chi connectivity index (χ4n) is 1.14. The Morgan fingerprint density at radius 3 is 2.38 bits per heavy atom. The SMILES string of the molecule is CCCC(F)OC(=O)C(NC(N)=O)C(C)C. The van der Waals surface area contributed by atoms with Crippen molar-refractivity contribution in [3.63, 3.8) is 0 Å². The summed E-state index contributed by atoms with van der Waals surface area (Å²) in [6, 6.07) is -1.74. The van der Waals surface area contributed by atoms with Crippen LogP contribution in [0.5, 0.6) is 0 Å². The minimum atomic E-state index is -1.63. The van der Waals surface area contributed by atoms with Crippen molar-refractivity contribution in [2.45, 2.75) is 46.0 Å². The van der Waals surface area contributed by atoms with Crippen LogP contribution < -0.4 is 11.1 Å². The van der Waals surface area contributed by atoms with Gasteiger partial charge in [0.05, 0.1) is 0 Å². The molecule has 0 fully saturated rings. The van der Waals surface area contributed by atoms with Crippen LogP contribution in [-0.2, 0) is 9.53 Å². The van der Waals surface area contributed by atoms with Gasteiger partial charge in [0.2, 0.25) is 6.36 Å². The molecule has 0 aromatic heterocycles. The Morgan fingerprint density at radius 2 is 2.00 bits per heavy atom. The summed E-state index contributed by atoms with van der Waals surface area (Å²) in [5, 5.41) is 2.22. The van der Waals surface area contributed by atoms with Crippen LogP contribution in [0.1, 0.15) is 33.6 Å². The lowest BCUT2D eigenvalue weighted by atomic mass is 10.1. The molecule has 3 N–H and O–H groups in total. The second-order valence-electron chi connectivity index (χ2n) is 3.87. The molecule has 0 heterocycles. The average molecular weight is 234 g/mol. The minimum Gasteiger partial charge on any atom is -0.430 e. The van der Waals surface area contributed by atoms with Crippen molar-refractivity contribution in [3.05, 3.63) is 0 Å². The van der Waals surface area contributed by atoms with Gasteiger partial charge in [-0.1, -0.05) is 20.8 Å². The van der Waals surface area contributed by atoms with Crippen LogP contribution in [-0.4, -0.2) is 24.4 Å². The Morgan fingerprint density at radius 1 is 1.44 bits per heavy atom. The largest absolute Gasteiger partial charge is 0.430 e. The number of primary amides is 1. The molecule has 2 unspecified atom stereocenters. The van der Waals surface area contributed by atoms with Crippen LogP contribution in [0.4, 0.5) is 9.18 Å². The molecule has 5 nitrogen and oxygen atoms in total.